The van der Waals surface area contributed by atoms with Crippen molar-refractivity contribution in [1.82, 2.24) is 4.98 Å². The Morgan fingerprint density at radius 3 is 2.35 bits per heavy atom. The van der Waals surface area contributed by atoms with Crippen molar-refractivity contribution in [3.63, 3.8) is 0 Å². The second-order valence-electron chi connectivity index (χ2n) is 11.9. The average Bonchev–Trinajstić information content (AvgIpc) is 2.83. The van der Waals surface area contributed by atoms with Gasteiger partial charge in [-0.3, -0.25) is 9.59 Å². The van der Waals surface area contributed by atoms with Crippen molar-refractivity contribution in [3.8, 4) is 0 Å². The first-order valence-electron chi connectivity index (χ1n) is 13.6. The molecule has 1 saturated heterocycles. The molecule has 8 nitrogen and oxygen atoms in total. The molecule has 2 aromatic rings. The molecule has 0 spiro atoms. The lowest BCUT2D eigenvalue weighted by molar-refractivity contribution is -0.134. The molecule has 1 aromatic heterocycles. The Kier molecular flexibility index (Phi) is 5.90. The van der Waals surface area contributed by atoms with E-state index < -0.39 is 11.5 Å². The molecule has 2 heterocycles. The van der Waals surface area contributed by atoms with Crippen LogP contribution in [0.5, 0.6) is 0 Å². The number of pyridine rings is 1. The van der Waals surface area contributed by atoms with E-state index in [0.29, 0.717) is 23.4 Å². The lowest BCUT2D eigenvalue weighted by Gasteiger charge is -2.58. The number of carbonyl (C=O) groups excluding carboxylic acids is 2. The molecule has 5 aliphatic rings. The van der Waals surface area contributed by atoms with Crippen LogP contribution in [0.3, 0.4) is 0 Å². The van der Waals surface area contributed by atoms with Crippen LogP contribution < -0.4 is 20.9 Å². The zero-order valence-corrected chi connectivity index (χ0v) is 21.7. The molecule has 4 aliphatic carbocycles. The highest BCUT2D eigenvalue weighted by Gasteiger charge is 2.55. The van der Waals surface area contributed by atoms with Crippen LogP contribution in [-0.4, -0.2) is 53.2 Å². The molecule has 196 valence electrons. The van der Waals surface area contributed by atoms with E-state index in [1.807, 2.05) is 24.3 Å². The van der Waals surface area contributed by atoms with Crippen LogP contribution in [0.25, 0.3) is 0 Å². The number of amides is 2. The van der Waals surface area contributed by atoms with Gasteiger partial charge in [0.1, 0.15) is 11.5 Å². The largest absolute Gasteiger partial charge is 0.390 e. The van der Waals surface area contributed by atoms with Gasteiger partial charge in [0.2, 0.25) is 5.91 Å². The maximum absolute atomic E-state index is 12.6. The molecule has 5 fully saturated rings. The summed E-state index contributed by atoms with van der Waals surface area (Å²) in [6, 6.07) is 12.3. The molecule has 3 unspecified atom stereocenters. The van der Waals surface area contributed by atoms with Gasteiger partial charge in [-0.25, -0.2) is 4.98 Å². The predicted octanol–water partition coefficient (Wildman–Crippen LogP) is 3.51. The summed E-state index contributed by atoms with van der Waals surface area (Å²) < 4.78 is 0. The molecule has 0 radical (unpaired) electrons. The molecular weight excluding hydrogens is 466 g/mol. The van der Waals surface area contributed by atoms with Crippen LogP contribution in [-0.2, 0) is 4.79 Å². The first-order valence-corrected chi connectivity index (χ1v) is 13.6. The molecule has 3 atom stereocenters. The van der Waals surface area contributed by atoms with Gasteiger partial charge >= 0.3 is 0 Å². The van der Waals surface area contributed by atoms with Crippen LogP contribution in [0.2, 0.25) is 0 Å². The number of primary amides is 1. The minimum atomic E-state index is -0.507. The Bertz CT molecular complexity index is 1200. The van der Waals surface area contributed by atoms with Crippen LogP contribution in [0.1, 0.15) is 67.9 Å². The highest BCUT2D eigenvalue weighted by atomic mass is 16.3. The SMILES string of the molecule is CC(=O)Nc1ccc(N2CCN(c3ccc(C4C5CC6CC4CC(O)(C6)C5)c(C(N)=O)n3)C(C)C2)cc1. The average molecular weight is 504 g/mol. The van der Waals surface area contributed by atoms with Gasteiger partial charge in [-0.05, 0) is 98.6 Å². The quantitative estimate of drug-likeness (QED) is 0.576. The number of hydrogen-bond donors (Lipinski definition) is 3. The van der Waals surface area contributed by atoms with Crippen molar-refractivity contribution in [3.05, 3.63) is 47.7 Å². The predicted molar refractivity (Wildman–Crippen MR) is 144 cm³/mol. The van der Waals surface area contributed by atoms with Gasteiger partial charge in [0.25, 0.3) is 5.91 Å². The molecule has 7 rings (SSSR count). The van der Waals surface area contributed by atoms with Gasteiger partial charge in [-0.15, -0.1) is 0 Å². The Hall–Kier alpha value is -3.13. The number of benzene rings is 1. The molecular formula is C29H37N5O3. The van der Waals surface area contributed by atoms with Crippen LogP contribution in [0.15, 0.2) is 36.4 Å². The smallest absolute Gasteiger partial charge is 0.267 e. The molecule has 4 saturated carbocycles. The van der Waals surface area contributed by atoms with E-state index in [4.69, 9.17) is 10.7 Å². The Morgan fingerprint density at radius 2 is 1.76 bits per heavy atom. The first-order chi connectivity index (χ1) is 17.7. The van der Waals surface area contributed by atoms with Crippen molar-refractivity contribution in [2.24, 2.45) is 23.5 Å². The molecule has 1 aromatic carbocycles. The molecule has 37 heavy (non-hydrogen) atoms. The van der Waals surface area contributed by atoms with Crippen LogP contribution in [0.4, 0.5) is 17.2 Å². The van der Waals surface area contributed by atoms with Gasteiger partial charge in [0, 0.05) is 44.0 Å². The number of nitrogens with one attached hydrogen (secondary N) is 1. The van der Waals surface area contributed by atoms with Crippen molar-refractivity contribution in [2.45, 2.75) is 63.5 Å². The summed E-state index contributed by atoms with van der Waals surface area (Å²) in [7, 11) is 0. The Labute approximate surface area is 218 Å². The summed E-state index contributed by atoms with van der Waals surface area (Å²) in [5.41, 5.74) is 8.70. The monoisotopic (exact) mass is 503 g/mol. The number of aliphatic hydroxyl groups is 1. The third-order valence-electron chi connectivity index (χ3n) is 9.22. The van der Waals surface area contributed by atoms with Crippen molar-refractivity contribution < 1.29 is 14.7 Å². The zero-order valence-electron chi connectivity index (χ0n) is 21.7. The fourth-order valence-corrected chi connectivity index (χ4v) is 8.07. The van der Waals surface area contributed by atoms with Gasteiger partial charge in [0.05, 0.1) is 5.60 Å². The minimum absolute atomic E-state index is 0.0792. The molecule has 8 heteroatoms. The number of piperazine rings is 1. The normalized spacial score (nSPS) is 32.5. The molecule has 1 aliphatic heterocycles. The number of carbonyl (C=O) groups is 2. The van der Waals surface area contributed by atoms with E-state index >= 15 is 0 Å². The van der Waals surface area contributed by atoms with E-state index in [1.165, 1.54) is 6.92 Å². The topological polar surface area (TPSA) is 112 Å². The van der Waals surface area contributed by atoms with E-state index in [-0.39, 0.29) is 17.9 Å². The number of nitrogens with two attached hydrogens (primary N) is 1. The van der Waals surface area contributed by atoms with Crippen molar-refractivity contribution >= 4 is 29.0 Å². The molecule has 4 N–H and O–H groups in total. The summed E-state index contributed by atoms with van der Waals surface area (Å²) in [6.45, 7) is 6.11. The summed E-state index contributed by atoms with van der Waals surface area (Å²) in [6.07, 6.45) is 4.86. The number of aromatic nitrogens is 1. The maximum Gasteiger partial charge on any atom is 0.267 e. The number of anilines is 3. The Balaban J connectivity index is 1.20. The van der Waals surface area contributed by atoms with Gasteiger partial charge in [-0.1, -0.05) is 6.07 Å². The highest BCUT2D eigenvalue weighted by Crippen LogP contribution is 2.61. The van der Waals surface area contributed by atoms with E-state index in [9.17, 15) is 14.7 Å². The second kappa shape index (κ2) is 9.01. The summed E-state index contributed by atoms with van der Waals surface area (Å²) in [5.74, 6) is 1.94. The summed E-state index contributed by atoms with van der Waals surface area (Å²) in [4.78, 5) is 33.4. The first kappa shape index (κ1) is 24.2. The third-order valence-corrected chi connectivity index (χ3v) is 9.22. The van der Waals surface area contributed by atoms with Crippen molar-refractivity contribution in [1.29, 1.82) is 0 Å². The lowest BCUT2D eigenvalue weighted by Crippen LogP contribution is -2.54. The van der Waals surface area contributed by atoms with Crippen LogP contribution in [0, 0.1) is 17.8 Å². The van der Waals surface area contributed by atoms with Crippen LogP contribution >= 0.6 is 0 Å². The van der Waals surface area contributed by atoms with E-state index in [1.54, 1.807) is 0 Å². The molecule has 2 amide bonds. The summed E-state index contributed by atoms with van der Waals surface area (Å²) in [5, 5.41) is 13.8. The number of nitrogens with zero attached hydrogens (tertiary/aromatic N) is 3. The standard InChI is InChI=1S/C29H37N5O3/c1-17-16-33(23-5-3-22(4-6-23)31-18(2)35)9-10-34(17)25-8-7-24(27(32-25)28(30)36)26-20-11-19-12-21(26)15-29(37,13-19)14-20/h3-8,17,19-21,26,37H,9-16H2,1-2H3,(H2,30,36)(H,31,35). The van der Waals surface area contributed by atoms with Gasteiger partial charge < -0.3 is 26.0 Å². The minimum Gasteiger partial charge on any atom is -0.390 e. The number of hydrogen-bond acceptors (Lipinski definition) is 6. The van der Waals surface area contributed by atoms with Crippen molar-refractivity contribution in [2.75, 3.05) is 34.8 Å². The second-order valence-corrected chi connectivity index (χ2v) is 11.9. The zero-order chi connectivity index (χ0) is 25.9. The maximum atomic E-state index is 12.6. The van der Waals surface area contributed by atoms with Gasteiger partial charge in [0.15, 0.2) is 0 Å². The van der Waals surface area contributed by atoms with Gasteiger partial charge in [-0.2, -0.15) is 0 Å². The fourth-order valence-electron chi connectivity index (χ4n) is 8.07. The summed E-state index contributed by atoms with van der Waals surface area (Å²) >= 11 is 0. The lowest BCUT2D eigenvalue weighted by atomic mass is 9.49. The Morgan fingerprint density at radius 1 is 1.05 bits per heavy atom. The fraction of sp³-hybridized carbons (Fsp3) is 0.552. The highest BCUT2D eigenvalue weighted by molar-refractivity contribution is 5.93. The van der Waals surface area contributed by atoms with E-state index in [0.717, 1.165) is 74.5 Å². The van der Waals surface area contributed by atoms with E-state index in [2.05, 4.69) is 34.2 Å². The molecule has 4 bridgehead atoms. The third kappa shape index (κ3) is 4.45. The number of rotatable bonds is 5.